The minimum absolute atomic E-state index is 0.0354. The van der Waals surface area contributed by atoms with Crippen molar-refractivity contribution in [1.29, 1.82) is 0 Å². The molecule has 0 atom stereocenters. The highest BCUT2D eigenvalue weighted by Crippen LogP contribution is 2.44. The van der Waals surface area contributed by atoms with Gasteiger partial charge in [0.1, 0.15) is 6.61 Å². The fourth-order valence-electron chi connectivity index (χ4n) is 4.14. The molecule has 31 heavy (non-hydrogen) atoms. The van der Waals surface area contributed by atoms with E-state index < -0.39 is 0 Å². The molecule has 0 saturated heterocycles. The minimum atomic E-state index is -0.351. The lowest BCUT2D eigenvalue weighted by Crippen LogP contribution is -2.32. The summed E-state index contributed by atoms with van der Waals surface area (Å²) in [4.78, 5) is 14.5. The van der Waals surface area contributed by atoms with Crippen LogP contribution in [-0.4, -0.2) is 35.9 Å². The second-order valence-corrected chi connectivity index (χ2v) is 7.55. The molecular weight excluding hydrogens is 390 g/mol. The number of aromatic hydroxyl groups is 1. The molecule has 1 amide bonds. The Morgan fingerprint density at radius 1 is 0.968 bits per heavy atom. The lowest BCUT2D eigenvalue weighted by atomic mass is 9.98. The van der Waals surface area contributed by atoms with E-state index in [4.69, 9.17) is 9.47 Å². The van der Waals surface area contributed by atoms with Gasteiger partial charge in [0, 0.05) is 19.0 Å². The summed E-state index contributed by atoms with van der Waals surface area (Å²) >= 11 is 0. The van der Waals surface area contributed by atoms with Gasteiger partial charge in [0.15, 0.2) is 11.5 Å². The van der Waals surface area contributed by atoms with Crippen molar-refractivity contribution in [3.63, 3.8) is 0 Å². The van der Waals surface area contributed by atoms with Crippen LogP contribution in [0.15, 0.2) is 66.7 Å². The topological polar surface area (TPSA) is 59.0 Å². The van der Waals surface area contributed by atoms with Crippen LogP contribution in [0.3, 0.4) is 0 Å². The molecule has 1 aliphatic rings. The number of carbonyl (C=O) groups is 1. The van der Waals surface area contributed by atoms with E-state index in [9.17, 15) is 9.90 Å². The predicted octanol–water partition coefficient (Wildman–Crippen LogP) is 5.56. The SMILES string of the molecule is CCOc1cc(CN(CC)C(=O)OCC2c3ccccc3-c3ccccc32)ccc1O. The van der Waals surface area contributed by atoms with E-state index in [2.05, 4.69) is 24.3 Å². The zero-order chi connectivity index (χ0) is 21.8. The van der Waals surface area contributed by atoms with Crippen molar-refractivity contribution in [2.24, 2.45) is 0 Å². The van der Waals surface area contributed by atoms with Crippen LogP contribution in [0.2, 0.25) is 0 Å². The van der Waals surface area contributed by atoms with Crippen molar-refractivity contribution >= 4 is 6.09 Å². The van der Waals surface area contributed by atoms with E-state index in [1.165, 1.54) is 22.3 Å². The van der Waals surface area contributed by atoms with Crippen LogP contribution < -0.4 is 4.74 Å². The Hall–Kier alpha value is -3.47. The maximum Gasteiger partial charge on any atom is 0.410 e. The Morgan fingerprint density at radius 3 is 2.23 bits per heavy atom. The number of hydrogen-bond donors (Lipinski definition) is 1. The Morgan fingerprint density at radius 2 is 1.61 bits per heavy atom. The van der Waals surface area contributed by atoms with Gasteiger partial charge in [-0.25, -0.2) is 4.79 Å². The molecule has 5 heteroatoms. The second kappa shape index (κ2) is 9.13. The first-order chi connectivity index (χ1) is 15.1. The second-order valence-electron chi connectivity index (χ2n) is 7.55. The quantitative estimate of drug-likeness (QED) is 0.547. The monoisotopic (exact) mass is 417 g/mol. The molecule has 0 heterocycles. The molecule has 0 aromatic heterocycles. The van der Waals surface area contributed by atoms with E-state index >= 15 is 0 Å². The van der Waals surface area contributed by atoms with E-state index in [-0.39, 0.29) is 17.8 Å². The zero-order valence-electron chi connectivity index (χ0n) is 17.9. The molecule has 1 aliphatic carbocycles. The molecule has 0 radical (unpaired) electrons. The Labute approximate surface area is 182 Å². The number of fused-ring (bicyclic) bond motifs is 3. The first kappa shape index (κ1) is 20.8. The minimum Gasteiger partial charge on any atom is -0.504 e. The van der Waals surface area contributed by atoms with Gasteiger partial charge in [-0.1, -0.05) is 54.6 Å². The third kappa shape index (κ3) is 4.22. The van der Waals surface area contributed by atoms with Gasteiger partial charge in [0.25, 0.3) is 0 Å². The Balaban J connectivity index is 1.46. The van der Waals surface area contributed by atoms with Gasteiger partial charge >= 0.3 is 6.09 Å². The molecule has 3 aromatic carbocycles. The summed E-state index contributed by atoms with van der Waals surface area (Å²) in [7, 11) is 0. The van der Waals surface area contributed by atoms with Gasteiger partial charge in [-0.15, -0.1) is 0 Å². The van der Waals surface area contributed by atoms with Gasteiger partial charge in [0.05, 0.1) is 6.61 Å². The molecule has 4 rings (SSSR count). The van der Waals surface area contributed by atoms with Crippen LogP contribution in [0.25, 0.3) is 11.1 Å². The highest BCUT2D eigenvalue weighted by atomic mass is 16.6. The number of hydrogen-bond acceptors (Lipinski definition) is 4. The standard InChI is InChI=1S/C26H27NO4/c1-3-27(16-18-13-14-24(28)25(15-18)30-4-2)26(29)31-17-23-21-11-7-5-9-19(21)20-10-6-8-12-22(20)23/h5-15,23,28H,3-4,16-17H2,1-2H3. The maximum atomic E-state index is 12.9. The summed E-state index contributed by atoms with van der Waals surface area (Å²) in [6.07, 6.45) is -0.351. The van der Waals surface area contributed by atoms with Gasteiger partial charge in [-0.2, -0.15) is 0 Å². The van der Waals surface area contributed by atoms with Crippen molar-refractivity contribution in [3.05, 3.63) is 83.4 Å². The van der Waals surface area contributed by atoms with Crippen molar-refractivity contribution in [1.82, 2.24) is 4.90 Å². The van der Waals surface area contributed by atoms with Crippen LogP contribution >= 0.6 is 0 Å². The number of carbonyl (C=O) groups excluding carboxylic acids is 1. The van der Waals surface area contributed by atoms with Gasteiger partial charge in [-0.3, -0.25) is 0 Å². The lowest BCUT2D eigenvalue weighted by molar-refractivity contribution is 0.0991. The fraction of sp³-hybridized carbons (Fsp3) is 0.269. The van der Waals surface area contributed by atoms with Crippen molar-refractivity contribution < 1.29 is 19.4 Å². The van der Waals surface area contributed by atoms with E-state index in [0.717, 1.165) is 5.56 Å². The Bertz CT molecular complexity index is 1030. The van der Waals surface area contributed by atoms with E-state index in [1.54, 1.807) is 23.1 Å². The first-order valence-corrected chi connectivity index (χ1v) is 10.7. The van der Waals surface area contributed by atoms with Gasteiger partial charge in [-0.05, 0) is 53.8 Å². The summed E-state index contributed by atoms with van der Waals surface area (Å²) in [5.74, 6) is 0.548. The smallest absolute Gasteiger partial charge is 0.410 e. The molecule has 0 bridgehead atoms. The van der Waals surface area contributed by atoms with Crippen LogP contribution in [0, 0.1) is 0 Å². The molecule has 1 N–H and O–H groups in total. The van der Waals surface area contributed by atoms with Crippen LogP contribution in [-0.2, 0) is 11.3 Å². The fourth-order valence-corrected chi connectivity index (χ4v) is 4.14. The molecule has 0 saturated carbocycles. The molecule has 0 fully saturated rings. The third-order valence-corrected chi connectivity index (χ3v) is 5.67. The number of phenolic OH excluding ortho intramolecular Hbond substituents is 1. The number of phenols is 1. The molecule has 0 spiro atoms. The summed E-state index contributed by atoms with van der Waals surface area (Å²) in [6.45, 7) is 5.44. The molecule has 160 valence electrons. The van der Waals surface area contributed by atoms with E-state index in [0.29, 0.717) is 32.1 Å². The number of ether oxygens (including phenoxy) is 2. The van der Waals surface area contributed by atoms with Crippen molar-refractivity contribution in [2.45, 2.75) is 26.3 Å². The summed E-state index contributed by atoms with van der Waals surface area (Å²) in [5, 5.41) is 9.90. The number of rotatable bonds is 7. The zero-order valence-corrected chi connectivity index (χ0v) is 17.9. The van der Waals surface area contributed by atoms with Gasteiger partial charge in [0.2, 0.25) is 0 Å². The Kier molecular flexibility index (Phi) is 6.12. The summed E-state index contributed by atoms with van der Waals surface area (Å²) in [6, 6.07) is 21.7. The normalized spacial score (nSPS) is 12.2. The highest BCUT2D eigenvalue weighted by Gasteiger charge is 2.29. The van der Waals surface area contributed by atoms with Crippen molar-refractivity contribution in [2.75, 3.05) is 19.8 Å². The predicted molar refractivity (Wildman–Crippen MR) is 120 cm³/mol. The van der Waals surface area contributed by atoms with Crippen LogP contribution in [0.1, 0.15) is 36.5 Å². The first-order valence-electron chi connectivity index (χ1n) is 10.7. The van der Waals surface area contributed by atoms with Crippen molar-refractivity contribution in [3.8, 4) is 22.6 Å². The average Bonchev–Trinajstić information content (AvgIpc) is 3.12. The van der Waals surface area contributed by atoms with Crippen LogP contribution in [0.4, 0.5) is 4.79 Å². The molecule has 5 nitrogen and oxygen atoms in total. The third-order valence-electron chi connectivity index (χ3n) is 5.67. The van der Waals surface area contributed by atoms with Gasteiger partial charge < -0.3 is 19.5 Å². The summed E-state index contributed by atoms with van der Waals surface area (Å²) in [5.41, 5.74) is 5.67. The number of benzene rings is 3. The van der Waals surface area contributed by atoms with Crippen LogP contribution in [0.5, 0.6) is 11.5 Å². The largest absolute Gasteiger partial charge is 0.504 e. The molecular formula is C26H27NO4. The average molecular weight is 418 g/mol. The number of nitrogens with zero attached hydrogens (tertiary/aromatic N) is 1. The molecule has 0 unspecified atom stereocenters. The summed E-state index contributed by atoms with van der Waals surface area (Å²) < 4.78 is 11.2. The number of amides is 1. The molecule has 0 aliphatic heterocycles. The molecule has 3 aromatic rings. The maximum absolute atomic E-state index is 12.9. The van der Waals surface area contributed by atoms with E-state index in [1.807, 2.05) is 38.1 Å². The lowest BCUT2D eigenvalue weighted by Gasteiger charge is -2.22. The highest BCUT2D eigenvalue weighted by molar-refractivity contribution is 5.79.